The first-order valence-electron chi connectivity index (χ1n) is 9.15. The highest BCUT2D eigenvalue weighted by Crippen LogP contribution is 2.57. The van der Waals surface area contributed by atoms with Crippen LogP contribution in [0.5, 0.6) is 0 Å². The maximum Gasteiger partial charge on any atom is 0.0138 e. The molecule has 0 saturated heterocycles. The Kier molecular flexibility index (Phi) is 14.0. The van der Waals surface area contributed by atoms with E-state index in [1.165, 1.54) is 56.0 Å². The highest BCUT2D eigenvalue weighted by Gasteiger charge is 2.50. The van der Waals surface area contributed by atoms with Crippen LogP contribution in [0.1, 0.15) is 25.7 Å². The van der Waals surface area contributed by atoms with Crippen molar-refractivity contribution in [1.29, 1.82) is 0 Å². The zero-order chi connectivity index (χ0) is 17.7. The van der Waals surface area contributed by atoms with Crippen LogP contribution >= 0.6 is 47.0 Å². The van der Waals surface area contributed by atoms with Crippen molar-refractivity contribution in [2.24, 2.45) is 11.3 Å². The third-order valence-electron chi connectivity index (χ3n) is 5.02. The minimum atomic E-state index is 0.630. The molecule has 0 heterocycles. The van der Waals surface area contributed by atoms with Crippen LogP contribution in [-0.2, 0) is 0 Å². The molecule has 2 N–H and O–H groups in total. The maximum atomic E-state index is 3.65. The molecule has 6 heteroatoms. The Hall–Kier alpha value is 1.32. The summed E-state index contributed by atoms with van der Waals surface area (Å²) in [6.45, 7) is 4.71. The van der Waals surface area contributed by atoms with E-state index in [0.717, 1.165) is 24.3 Å². The molecular formula is C18H38N2S4. The SMILES string of the molecule is CSCCNCCC(CSC)C(SC)C1(CCNCCSC)CC1. The molecule has 0 aromatic heterocycles. The van der Waals surface area contributed by atoms with E-state index < -0.39 is 0 Å². The van der Waals surface area contributed by atoms with E-state index in [0.29, 0.717) is 5.41 Å². The monoisotopic (exact) mass is 410 g/mol. The highest BCUT2D eigenvalue weighted by atomic mass is 32.2. The van der Waals surface area contributed by atoms with Crippen LogP contribution in [0, 0.1) is 11.3 Å². The zero-order valence-electron chi connectivity index (χ0n) is 16.1. The number of nitrogens with one attached hydrogen (secondary N) is 2. The summed E-state index contributed by atoms with van der Waals surface area (Å²) in [5.41, 5.74) is 0.630. The first-order chi connectivity index (χ1) is 11.7. The van der Waals surface area contributed by atoms with Gasteiger partial charge in [0.15, 0.2) is 0 Å². The van der Waals surface area contributed by atoms with Crippen LogP contribution in [0.3, 0.4) is 0 Å². The van der Waals surface area contributed by atoms with Crippen molar-refractivity contribution < 1.29 is 0 Å². The van der Waals surface area contributed by atoms with Crippen LogP contribution in [0.2, 0.25) is 0 Å². The van der Waals surface area contributed by atoms with Crippen molar-refractivity contribution in [1.82, 2.24) is 10.6 Å². The molecule has 2 atom stereocenters. The van der Waals surface area contributed by atoms with Gasteiger partial charge in [0.05, 0.1) is 0 Å². The van der Waals surface area contributed by atoms with Crippen LogP contribution in [0.25, 0.3) is 0 Å². The topological polar surface area (TPSA) is 24.1 Å². The molecule has 1 aliphatic rings. The van der Waals surface area contributed by atoms with E-state index in [2.05, 4.69) is 47.4 Å². The van der Waals surface area contributed by atoms with Crippen LogP contribution < -0.4 is 10.6 Å². The van der Waals surface area contributed by atoms with E-state index in [9.17, 15) is 0 Å². The maximum absolute atomic E-state index is 3.65. The minimum Gasteiger partial charge on any atom is -0.316 e. The number of rotatable bonds is 17. The molecule has 144 valence electrons. The van der Waals surface area contributed by atoms with Crippen LogP contribution in [0.4, 0.5) is 0 Å². The quantitative estimate of drug-likeness (QED) is 0.349. The standard InChI is InChI=1S/C18H38N2S4/c1-21-13-11-19-9-5-16(15-23-3)17(24-4)18(6-7-18)8-10-20-12-14-22-2/h16-17,19-20H,5-15H2,1-4H3. The molecule has 2 nitrogen and oxygen atoms in total. The largest absolute Gasteiger partial charge is 0.316 e. The van der Waals surface area contributed by atoms with Gasteiger partial charge < -0.3 is 10.6 Å². The van der Waals surface area contributed by atoms with Gasteiger partial charge in [-0.1, -0.05) is 0 Å². The third kappa shape index (κ3) is 8.81. The van der Waals surface area contributed by atoms with Gasteiger partial charge in [0, 0.05) is 29.8 Å². The van der Waals surface area contributed by atoms with Crippen molar-refractivity contribution in [2.75, 3.05) is 68.5 Å². The normalized spacial score (nSPS) is 18.5. The van der Waals surface area contributed by atoms with Gasteiger partial charge in [0.25, 0.3) is 0 Å². The average molecular weight is 411 g/mol. The fourth-order valence-corrected chi connectivity index (χ4v) is 6.62. The minimum absolute atomic E-state index is 0.630. The number of thioether (sulfide) groups is 4. The summed E-state index contributed by atoms with van der Waals surface area (Å²) in [5.74, 6) is 4.63. The molecule has 0 amide bonds. The van der Waals surface area contributed by atoms with Gasteiger partial charge in [-0.2, -0.15) is 47.0 Å². The Morgan fingerprint density at radius 2 is 1.46 bits per heavy atom. The van der Waals surface area contributed by atoms with Gasteiger partial charge in [-0.05, 0) is 80.9 Å². The summed E-state index contributed by atoms with van der Waals surface area (Å²) < 4.78 is 0. The second kappa shape index (κ2) is 14.4. The molecular weight excluding hydrogens is 372 g/mol. The lowest BCUT2D eigenvalue weighted by molar-refractivity contribution is 0.348. The van der Waals surface area contributed by atoms with Gasteiger partial charge in [-0.25, -0.2) is 0 Å². The van der Waals surface area contributed by atoms with Crippen molar-refractivity contribution in [3.63, 3.8) is 0 Å². The molecule has 0 radical (unpaired) electrons. The van der Waals surface area contributed by atoms with Gasteiger partial charge in [-0.15, -0.1) is 0 Å². The summed E-state index contributed by atoms with van der Waals surface area (Å²) >= 11 is 8.05. The van der Waals surface area contributed by atoms with Crippen molar-refractivity contribution in [3.8, 4) is 0 Å². The van der Waals surface area contributed by atoms with E-state index in [-0.39, 0.29) is 0 Å². The molecule has 1 aliphatic carbocycles. The predicted octanol–water partition coefficient (Wildman–Crippen LogP) is 4.16. The van der Waals surface area contributed by atoms with Crippen molar-refractivity contribution >= 4 is 47.0 Å². The smallest absolute Gasteiger partial charge is 0.0138 e. The van der Waals surface area contributed by atoms with Gasteiger partial charge in [-0.3, -0.25) is 0 Å². The molecule has 0 spiro atoms. The summed E-state index contributed by atoms with van der Waals surface area (Å²) in [5, 5.41) is 8.13. The molecule has 24 heavy (non-hydrogen) atoms. The first kappa shape index (κ1) is 23.4. The first-order valence-corrected chi connectivity index (χ1v) is 14.6. The Labute approximate surface area is 168 Å². The van der Waals surface area contributed by atoms with Gasteiger partial charge in [0.2, 0.25) is 0 Å². The highest BCUT2D eigenvalue weighted by molar-refractivity contribution is 8.00. The lowest BCUT2D eigenvalue weighted by Crippen LogP contribution is -2.34. The van der Waals surface area contributed by atoms with E-state index in [4.69, 9.17) is 0 Å². The molecule has 1 rings (SSSR count). The molecule has 0 aromatic rings. The van der Waals surface area contributed by atoms with E-state index >= 15 is 0 Å². The third-order valence-corrected chi connectivity index (χ3v) is 8.40. The second-order valence-electron chi connectivity index (χ2n) is 6.76. The Balaban J connectivity index is 2.42. The zero-order valence-corrected chi connectivity index (χ0v) is 19.3. The molecule has 1 saturated carbocycles. The van der Waals surface area contributed by atoms with Gasteiger partial charge in [0.1, 0.15) is 0 Å². The van der Waals surface area contributed by atoms with Crippen molar-refractivity contribution in [2.45, 2.75) is 30.9 Å². The molecule has 0 aliphatic heterocycles. The van der Waals surface area contributed by atoms with E-state index in [1.807, 2.05) is 35.3 Å². The summed E-state index contributed by atoms with van der Waals surface area (Å²) in [4.78, 5) is 0. The average Bonchev–Trinajstić information content (AvgIpc) is 3.36. The second-order valence-corrected chi connectivity index (χ2v) is 10.6. The number of hydrogen-bond donors (Lipinski definition) is 2. The van der Waals surface area contributed by atoms with Crippen LogP contribution in [-0.4, -0.2) is 73.7 Å². The Morgan fingerprint density at radius 3 is 1.96 bits per heavy atom. The Bertz CT molecular complexity index is 301. The fraction of sp³-hybridized carbons (Fsp3) is 1.00. The molecule has 2 unspecified atom stereocenters. The van der Waals surface area contributed by atoms with Gasteiger partial charge >= 0.3 is 0 Å². The summed E-state index contributed by atoms with van der Waals surface area (Å²) in [6.07, 6.45) is 14.6. The fourth-order valence-electron chi connectivity index (χ4n) is 3.54. The lowest BCUT2D eigenvalue weighted by atomic mass is 9.87. The number of hydrogen-bond acceptors (Lipinski definition) is 6. The Morgan fingerprint density at radius 1 is 0.833 bits per heavy atom. The van der Waals surface area contributed by atoms with Crippen LogP contribution in [0.15, 0.2) is 0 Å². The summed E-state index contributed by atoms with van der Waals surface area (Å²) in [7, 11) is 0. The molecule has 0 bridgehead atoms. The lowest BCUT2D eigenvalue weighted by Gasteiger charge is -2.33. The summed E-state index contributed by atoms with van der Waals surface area (Å²) in [6, 6.07) is 0. The molecule has 1 fully saturated rings. The molecule has 0 aromatic carbocycles. The predicted molar refractivity (Wildman–Crippen MR) is 123 cm³/mol. The van der Waals surface area contributed by atoms with E-state index in [1.54, 1.807) is 0 Å². The van der Waals surface area contributed by atoms with Crippen molar-refractivity contribution in [3.05, 3.63) is 0 Å².